The van der Waals surface area contributed by atoms with Gasteiger partial charge in [0.2, 0.25) is 0 Å². The van der Waals surface area contributed by atoms with E-state index < -0.39 is 17.4 Å². The van der Waals surface area contributed by atoms with E-state index in [9.17, 15) is 14.4 Å². The SMILES string of the molecule is C=CCOC(=O)[C@]1(C)CC[C@@H](OC(=O)/C=C/c2ccc(OC(C)=O)c(OC)c2)CC1. The third-order valence-corrected chi connectivity index (χ3v) is 5.00. The van der Waals surface area contributed by atoms with Gasteiger partial charge in [-0.1, -0.05) is 18.7 Å². The van der Waals surface area contributed by atoms with Gasteiger partial charge in [0.1, 0.15) is 12.7 Å². The van der Waals surface area contributed by atoms with Crippen LogP contribution in [0.3, 0.4) is 0 Å². The lowest BCUT2D eigenvalue weighted by Crippen LogP contribution is -2.37. The van der Waals surface area contributed by atoms with Crippen LogP contribution in [0, 0.1) is 5.41 Å². The Kier molecular flexibility index (Phi) is 8.21. The van der Waals surface area contributed by atoms with E-state index in [0.717, 1.165) is 0 Å². The maximum Gasteiger partial charge on any atom is 0.331 e. The van der Waals surface area contributed by atoms with E-state index in [0.29, 0.717) is 42.7 Å². The molecule has 0 bridgehead atoms. The molecule has 1 fully saturated rings. The van der Waals surface area contributed by atoms with Crippen LogP contribution in [0.15, 0.2) is 36.9 Å². The Morgan fingerprint density at radius 2 is 1.90 bits per heavy atom. The van der Waals surface area contributed by atoms with Crippen LogP contribution in [-0.4, -0.2) is 37.7 Å². The molecule has 7 heteroatoms. The Balaban J connectivity index is 1.89. The normalized spacial score (nSPS) is 21.0. The fourth-order valence-electron chi connectivity index (χ4n) is 3.25. The summed E-state index contributed by atoms with van der Waals surface area (Å²) in [6.45, 7) is 6.93. The minimum atomic E-state index is -0.554. The first-order chi connectivity index (χ1) is 14.3. The van der Waals surface area contributed by atoms with E-state index in [1.54, 1.807) is 30.4 Å². The van der Waals surface area contributed by atoms with Crippen molar-refractivity contribution in [2.24, 2.45) is 5.41 Å². The van der Waals surface area contributed by atoms with Crippen molar-refractivity contribution in [2.75, 3.05) is 13.7 Å². The van der Waals surface area contributed by atoms with E-state index in [-0.39, 0.29) is 18.7 Å². The van der Waals surface area contributed by atoms with Gasteiger partial charge in [0.15, 0.2) is 11.5 Å². The quantitative estimate of drug-likeness (QED) is 0.275. The van der Waals surface area contributed by atoms with Crippen molar-refractivity contribution in [1.29, 1.82) is 0 Å². The molecular weight excluding hydrogens is 388 g/mol. The molecule has 162 valence electrons. The van der Waals surface area contributed by atoms with Crippen LogP contribution in [-0.2, 0) is 23.9 Å². The molecule has 1 aliphatic rings. The fraction of sp³-hybridized carbons (Fsp3) is 0.435. The van der Waals surface area contributed by atoms with Gasteiger partial charge in [0.05, 0.1) is 12.5 Å². The molecule has 0 amide bonds. The Hall–Kier alpha value is -3.09. The molecule has 1 aromatic carbocycles. The summed E-state index contributed by atoms with van der Waals surface area (Å²) in [6.07, 6.45) is 6.64. The molecule has 0 N–H and O–H groups in total. The van der Waals surface area contributed by atoms with E-state index in [1.165, 1.54) is 20.1 Å². The summed E-state index contributed by atoms with van der Waals surface area (Å²) in [5, 5.41) is 0. The van der Waals surface area contributed by atoms with Crippen molar-refractivity contribution < 1.29 is 33.3 Å². The van der Waals surface area contributed by atoms with Crippen molar-refractivity contribution in [3.63, 3.8) is 0 Å². The number of ether oxygens (including phenoxy) is 4. The highest BCUT2D eigenvalue weighted by Gasteiger charge is 2.39. The Labute approximate surface area is 176 Å². The molecule has 0 aliphatic heterocycles. The van der Waals surface area contributed by atoms with Gasteiger partial charge in [-0.05, 0) is 56.4 Å². The Morgan fingerprint density at radius 1 is 1.20 bits per heavy atom. The summed E-state index contributed by atoms with van der Waals surface area (Å²) >= 11 is 0. The van der Waals surface area contributed by atoms with Crippen molar-refractivity contribution in [3.8, 4) is 11.5 Å². The predicted molar refractivity (Wildman–Crippen MR) is 111 cm³/mol. The first-order valence-corrected chi connectivity index (χ1v) is 9.80. The van der Waals surface area contributed by atoms with E-state index >= 15 is 0 Å². The molecule has 1 saturated carbocycles. The molecule has 0 heterocycles. The molecular formula is C23H28O7. The van der Waals surface area contributed by atoms with E-state index in [4.69, 9.17) is 18.9 Å². The van der Waals surface area contributed by atoms with Gasteiger partial charge in [0, 0.05) is 13.0 Å². The predicted octanol–water partition coefficient (Wildman–Crippen LogP) is 3.86. The maximum absolute atomic E-state index is 12.2. The van der Waals surface area contributed by atoms with Crippen LogP contribution in [0.1, 0.15) is 45.1 Å². The lowest BCUT2D eigenvalue weighted by atomic mass is 9.74. The molecule has 0 radical (unpaired) electrons. The van der Waals surface area contributed by atoms with Crippen molar-refractivity contribution in [3.05, 3.63) is 42.5 Å². The summed E-state index contributed by atoms with van der Waals surface area (Å²) in [7, 11) is 1.47. The maximum atomic E-state index is 12.2. The van der Waals surface area contributed by atoms with Crippen molar-refractivity contribution in [2.45, 2.75) is 45.6 Å². The second-order valence-corrected chi connectivity index (χ2v) is 7.42. The summed E-state index contributed by atoms with van der Waals surface area (Å²) < 4.78 is 20.9. The van der Waals surface area contributed by atoms with Crippen LogP contribution >= 0.6 is 0 Å². The molecule has 1 aromatic rings. The summed E-state index contributed by atoms with van der Waals surface area (Å²) in [5.41, 5.74) is 0.142. The van der Waals surface area contributed by atoms with Crippen LogP contribution in [0.4, 0.5) is 0 Å². The Morgan fingerprint density at radius 3 is 2.50 bits per heavy atom. The number of carbonyl (C=O) groups is 3. The minimum absolute atomic E-state index is 0.199. The topological polar surface area (TPSA) is 88.1 Å². The van der Waals surface area contributed by atoms with Gasteiger partial charge in [-0.25, -0.2) is 4.79 Å². The number of rotatable bonds is 8. The zero-order valence-electron chi connectivity index (χ0n) is 17.6. The number of carbonyl (C=O) groups excluding carboxylic acids is 3. The molecule has 0 atom stereocenters. The van der Waals surface area contributed by atoms with Gasteiger partial charge < -0.3 is 18.9 Å². The highest BCUT2D eigenvalue weighted by Crippen LogP contribution is 2.38. The lowest BCUT2D eigenvalue weighted by molar-refractivity contribution is -0.158. The van der Waals surface area contributed by atoms with Gasteiger partial charge in [-0.15, -0.1) is 0 Å². The van der Waals surface area contributed by atoms with Crippen LogP contribution in [0.5, 0.6) is 11.5 Å². The fourth-order valence-corrected chi connectivity index (χ4v) is 3.25. The molecule has 2 rings (SSSR count). The number of hydrogen-bond acceptors (Lipinski definition) is 7. The smallest absolute Gasteiger partial charge is 0.331 e. The average Bonchev–Trinajstić information content (AvgIpc) is 2.72. The third kappa shape index (κ3) is 6.47. The highest BCUT2D eigenvalue weighted by molar-refractivity contribution is 5.87. The van der Waals surface area contributed by atoms with Crippen LogP contribution in [0.2, 0.25) is 0 Å². The zero-order valence-corrected chi connectivity index (χ0v) is 17.6. The van der Waals surface area contributed by atoms with Gasteiger partial charge in [0.25, 0.3) is 0 Å². The zero-order chi connectivity index (χ0) is 22.1. The number of esters is 3. The van der Waals surface area contributed by atoms with E-state index in [1.807, 2.05) is 6.92 Å². The first-order valence-electron chi connectivity index (χ1n) is 9.80. The monoisotopic (exact) mass is 416 g/mol. The third-order valence-electron chi connectivity index (χ3n) is 5.00. The molecule has 7 nitrogen and oxygen atoms in total. The van der Waals surface area contributed by atoms with Crippen LogP contribution < -0.4 is 9.47 Å². The van der Waals surface area contributed by atoms with E-state index in [2.05, 4.69) is 6.58 Å². The second-order valence-electron chi connectivity index (χ2n) is 7.42. The van der Waals surface area contributed by atoms with Crippen molar-refractivity contribution in [1.82, 2.24) is 0 Å². The largest absolute Gasteiger partial charge is 0.493 e. The number of benzene rings is 1. The first kappa shape index (κ1) is 23.2. The van der Waals surface area contributed by atoms with Gasteiger partial charge in [-0.3, -0.25) is 9.59 Å². The standard InChI is InChI=1S/C23H28O7/c1-5-14-28-22(26)23(3)12-10-18(11-13-23)30-21(25)9-7-17-6-8-19(29-16(2)24)20(15-17)27-4/h5-9,15,18H,1,10-14H2,2-4H3/b9-7+/t18-,23-. The summed E-state index contributed by atoms with van der Waals surface area (Å²) in [6, 6.07) is 4.95. The average molecular weight is 416 g/mol. The van der Waals surface area contributed by atoms with Crippen LogP contribution in [0.25, 0.3) is 6.08 Å². The summed E-state index contributed by atoms with van der Waals surface area (Å²) in [5.74, 6) is -0.450. The highest BCUT2D eigenvalue weighted by atomic mass is 16.6. The summed E-state index contributed by atoms with van der Waals surface area (Å²) in [4.78, 5) is 35.5. The van der Waals surface area contributed by atoms with Gasteiger partial charge in [-0.2, -0.15) is 0 Å². The van der Waals surface area contributed by atoms with Gasteiger partial charge >= 0.3 is 17.9 Å². The molecule has 0 aromatic heterocycles. The minimum Gasteiger partial charge on any atom is -0.493 e. The molecule has 0 saturated heterocycles. The number of hydrogen-bond donors (Lipinski definition) is 0. The van der Waals surface area contributed by atoms with Crippen molar-refractivity contribution >= 4 is 24.0 Å². The lowest BCUT2D eigenvalue weighted by Gasteiger charge is -2.34. The molecule has 30 heavy (non-hydrogen) atoms. The second kappa shape index (κ2) is 10.6. The molecule has 0 unspecified atom stereocenters. The Bertz CT molecular complexity index is 817. The number of methoxy groups -OCH3 is 1. The molecule has 0 spiro atoms. The molecule has 1 aliphatic carbocycles.